The molecule has 3 aliphatic heterocycles. The Labute approximate surface area is 167 Å². The summed E-state index contributed by atoms with van der Waals surface area (Å²) < 4.78 is 5.47. The highest BCUT2D eigenvalue weighted by molar-refractivity contribution is 7.99. The Bertz CT molecular complexity index is 1020. The molecule has 3 heterocycles. The Morgan fingerprint density at radius 3 is 2.57 bits per heavy atom. The second-order valence-electron chi connectivity index (χ2n) is 6.81. The summed E-state index contributed by atoms with van der Waals surface area (Å²) in [6, 6.07) is 18.6. The Kier molecular flexibility index (Phi) is 4.23. The number of rotatable bonds is 1. The van der Waals surface area contributed by atoms with Crippen LogP contribution in [0, 0.1) is 16.7 Å². The molecule has 7 heteroatoms. The maximum atomic E-state index is 9.89. The minimum absolute atomic E-state index is 0.234. The Hall–Kier alpha value is -2.95. The maximum Gasteiger partial charge on any atom is 0.149 e. The van der Waals surface area contributed by atoms with Gasteiger partial charge in [0.15, 0.2) is 0 Å². The molecule has 1 fully saturated rings. The van der Waals surface area contributed by atoms with Crippen LogP contribution in [0.25, 0.3) is 0 Å². The summed E-state index contributed by atoms with van der Waals surface area (Å²) in [5, 5.41) is 22.4. The molecule has 1 atom stereocenters. The maximum absolute atomic E-state index is 9.89. The third kappa shape index (κ3) is 2.65. The van der Waals surface area contributed by atoms with Crippen LogP contribution in [0.1, 0.15) is 11.7 Å². The van der Waals surface area contributed by atoms with E-state index in [1.807, 2.05) is 35.2 Å². The van der Waals surface area contributed by atoms with Crippen molar-refractivity contribution in [3.05, 3.63) is 65.5 Å². The van der Waals surface area contributed by atoms with Crippen molar-refractivity contribution in [2.75, 3.05) is 31.2 Å². The van der Waals surface area contributed by atoms with E-state index >= 15 is 0 Å². The van der Waals surface area contributed by atoms with Crippen LogP contribution in [-0.2, 0) is 4.74 Å². The van der Waals surface area contributed by atoms with E-state index in [0.29, 0.717) is 31.9 Å². The summed E-state index contributed by atoms with van der Waals surface area (Å²) in [5.74, 6) is 0.966. The lowest BCUT2D eigenvalue weighted by atomic mass is 10.0. The summed E-state index contributed by atoms with van der Waals surface area (Å²) in [4.78, 5) is 6.30. The van der Waals surface area contributed by atoms with Gasteiger partial charge >= 0.3 is 0 Å². The number of amidine groups is 1. The van der Waals surface area contributed by atoms with Crippen molar-refractivity contribution >= 4 is 23.3 Å². The lowest BCUT2D eigenvalue weighted by Crippen LogP contribution is -2.52. The Balaban J connectivity index is 1.70. The molecule has 5 rings (SSSR count). The minimum atomic E-state index is -0.241. The molecule has 0 radical (unpaired) electrons. The van der Waals surface area contributed by atoms with E-state index in [4.69, 9.17) is 10.1 Å². The van der Waals surface area contributed by atoms with Crippen LogP contribution in [0.15, 0.2) is 69.7 Å². The highest BCUT2D eigenvalue weighted by Gasteiger charge is 2.39. The fraction of sp³-hybridized carbons (Fsp3) is 0.238. The van der Waals surface area contributed by atoms with Gasteiger partial charge in [0, 0.05) is 28.4 Å². The summed E-state index contributed by atoms with van der Waals surface area (Å²) in [5.41, 5.74) is 2.42. The molecular formula is C21H19N5OS. The predicted octanol–water partition coefficient (Wildman–Crippen LogP) is 3.30. The molecule has 28 heavy (non-hydrogen) atoms. The van der Waals surface area contributed by atoms with Crippen LogP contribution < -0.4 is 10.2 Å². The zero-order valence-electron chi connectivity index (χ0n) is 15.2. The number of hydrogen-bond acceptors (Lipinski definition) is 6. The average molecular weight is 389 g/mol. The summed E-state index contributed by atoms with van der Waals surface area (Å²) in [6.07, 6.45) is -0.241. The molecule has 0 spiro atoms. The summed E-state index contributed by atoms with van der Waals surface area (Å²) >= 11 is 1.70. The summed E-state index contributed by atoms with van der Waals surface area (Å²) in [6.45, 7) is 2.67. The standard InChI is InChI=1S/C21H19N5OS/c22-13-15-19(23)26-16-6-2-4-8-18(16)28-17-7-3-1-5-14(17)21(26)24-20(15)25-9-11-27-12-10-25/h1-8,21,23-24H,9-12H2. The Morgan fingerprint density at radius 2 is 1.79 bits per heavy atom. The number of nitrogens with zero attached hydrogens (tertiary/aromatic N) is 3. The number of fused-ring (bicyclic) bond motifs is 5. The zero-order chi connectivity index (χ0) is 19.1. The van der Waals surface area contributed by atoms with Crippen molar-refractivity contribution in [2.24, 2.45) is 0 Å². The van der Waals surface area contributed by atoms with Crippen LogP contribution >= 0.6 is 11.8 Å². The number of anilines is 1. The Morgan fingerprint density at radius 1 is 1.07 bits per heavy atom. The minimum Gasteiger partial charge on any atom is -0.378 e. The lowest BCUT2D eigenvalue weighted by Gasteiger charge is -2.43. The number of hydrogen-bond donors (Lipinski definition) is 2. The van der Waals surface area contributed by atoms with E-state index in [1.165, 1.54) is 0 Å². The van der Waals surface area contributed by atoms with Crippen LogP contribution in [0.2, 0.25) is 0 Å². The lowest BCUT2D eigenvalue weighted by molar-refractivity contribution is 0.0489. The van der Waals surface area contributed by atoms with Gasteiger partial charge in [0.25, 0.3) is 0 Å². The van der Waals surface area contributed by atoms with Gasteiger partial charge in [-0.05, 0) is 18.2 Å². The molecule has 0 aromatic heterocycles. The smallest absolute Gasteiger partial charge is 0.149 e. The highest BCUT2D eigenvalue weighted by atomic mass is 32.2. The van der Waals surface area contributed by atoms with Crippen molar-refractivity contribution in [1.29, 1.82) is 10.7 Å². The topological polar surface area (TPSA) is 75.4 Å². The second kappa shape index (κ2) is 6.89. The van der Waals surface area contributed by atoms with Crippen molar-refractivity contribution in [3.63, 3.8) is 0 Å². The molecule has 0 aliphatic carbocycles. The number of benzene rings is 2. The molecule has 2 aromatic rings. The monoisotopic (exact) mass is 389 g/mol. The van der Waals surface area contributed by atoms with E-state index < -0.39 is 0 Å². The van der Waals surface area contributed by atoms with Crippen LogP contribution in [0.4, 0.5) is 5.69 Å². The molecule has 2 N–H and O–H groups in total. The van der Waals surface area contributed by atoms with Gasteiger partial charge < -0.3 is 15.0 Å². The molecule has 1 saturated heterocycles. The van der Waals surface area contributed by atoms with Gasteiger partial charge in [-0.3, -0.25) is 10.3 Å². The molecule has 2 aromatic carbocycles. The first-order chi connectivity index (χ1) is 13.8. The van der Waals surface area contributed by atoms with Gasteiger partial charge in [-0.2, -0.15) is 5.26 Å². The van der Waals surface area contributed by atoms with Gasteiger partial charge in [0.2, 0.25) is 0 Å². The number of nitrogens with one attached hydrogen (secondary N) is 2. The first kappa shape index (κ1) is 17.2. The van der Waals surface area contributed by atoms with E-state index in [0.717, 1.165) is 26.9 Å². The molecule has 3 aliphatic rings. The second-order valence-corrected chi connectivity index (χ2v) is 7.89. The SMILES string of the molecule is N#CC1=C(N2CCOCC2)NC2c3ccccc3Sc3ccccc3N2C1=N. The number of nitriles is 1. The van der Waals surface area contributed by atoms with Gasteiger partial charge in [-0.25, -0.2) is 0 Å². The van der Waals surface area contributed by atoms with Crippen molar-refractivity contribution in [3.8, 4) is 6.07 Å². The summed E-state index contributed by atoms with van der Waals surface area (Å²) in [7, 11) is 0. The van der Waals surface area contributed by atoms with E-state index in [-0.39, 0.29) is 12.0 Å². The van der Waals surface area contributed by atoms with Gasteiger partial charge in [0.1, 0.15) is 29.5 Å². The van der Waals surface area contributed by atoms with E-state index in [9.17, 15) is 5.26 Å². The molecule has 6 nitrogen and oxygen atoms in total. The quantitative estimate of drug-likeness (QED) is 0.779. The average Bonchev–Trinajstić information content (AvgIpc) is 2.89. The fourth-order valence-corrected chi connectivity index (χ4v) is 5.01. The van der Waals surface area contributed by atoms with Crippen LogP contribution in [0.5, 0.6) is 0 Å². The molecule has 0 amide bonds. The first-order valence-electron chi connectivity index (χ1n) is 9.25. The normalized spacial score (nSPS) is 21.1. The van der Waals surface area contributed by atoms with Crippen molar-refractivity contribution in [2.45, 2.75) is 16.0 Å². The van der Waals surface area contributed by atoms with E-state index in [1.54, 1.807) is 11.8 Å². The van der Waals surface area contributed by atoms with Gasteiger partial charge in [-0.1, -0.05) is 42.1 Å². The van der Waals surface area contributed by atoms with Crippen LogP contribution in [0.3, 0.4) is 0 Å². The fourth-order valence-electron chi connectivity index (χ4n) is 3.91. The highest BCUT2D eigenvalue weighted by Crippen LogP contribution is 2.46. The largest absolute Gasteiger partial charge is 0.378 e. The molecule has 0 saturated carbocycles. The van der Waals surface area contributed by atoms with Crippen LogP contribution in [-0.4, -0.2) is 37.0 Å². The first-order valence-corrected chi connectivity index (χ1v) is 10.1. The number of morpholine rings is 1. The third-order valence-corrected chi connectivity index (χ3v) is 6.40. The molecule has 1 unspecified atom stereocenters. The zero-order valence-corrected chi connectivity index (χ0v) is 16.0. The molecule has 0 bridgehead atoms. The third-order valence-electron chi connectivity index (χ3n) is 5.24. The van der Waals surface area contributed by atoms with E-state index in [2.05, 4.69) is 34.5 Å². The molecule has 140 valence electrons. The molecular weight excluding hydrogens is 370 g/mol. The van der Waals surface area contributed by atoms with Gasteiger partial charge in [-0.15, -0.1) is 0 Å². The van der Waals surface area contributed by atoms with Gasteiger partial charge in [0.05, 0.1) is 18.9 Å². The predicted molar refractivity (Wildman–Crippen MR) is 108 cm³/mol. The number of para-hydroxylation sites is 1. The van der Waals surface area contributed by atoms with Crippen molar-refractivity contribution < 1.29 is 4.74 Å². The van der Waals surface area contributed by atoms with Crippen molar-refractivity contribution in [1.82, 2.24) is 10.2 Å². The number of ether oxygens (including phenoxy) is 1.